The normalized spacial score (nSPS) is 28.2. The molecule has 100 valence electrons. The molecule has 2 fully saturated rings. The number of nitrogens with one attached hydrogen (secondary N) is 1. The lowest BCUT2D eigenvalue weighted by Gasteiger charge is -2.27. The molecule has 1 heterocycles. The molecule has 0 spiro atoms. The second kappa shape index (κ2) is 6.72. The van der Waals surface area contributed by atoms with Gasteiger partial charge >= 0.3 is 0 Å². The maximum absolute atomic E-state index is 3.60. The summed E-state index contributed by atoms with van der Waals surface area (Å²) in [5, 5.41) is 3.60. The van der Waals surface area contributed by atoms with Gasteiger partial charge in [-0.25, -0.2) is 0 Å². The molecule has 3 nitrogen and oxygen atoms in total. The second-order valence-electron chi connectivity index (χ2n) is 5.94. The summed E-state index contributed by atoms with van der Waals surface area (Å²) < 4.78 is 0. The first-order chi connectivity index (χ1) is 8.25. The van der Waals surface area contributed by atoms with Crippen LogP contribution in [-0.2, 0) is 0 Å². The van der Waals surface area contributed by atoms with Gasteiger partial charge in [0.15, 0.2) is 0 Å². The summed E-state index contributed by atoms with van der Waals surface area (Å²) in [6.45, 7) is 8.70. The van der Waals surface area contributed by atoms with Gasteiger partial charge < -0.3 is 10.2 Å². The average molecular weight is 239 g/mol. The van der Waals surface area contributed by atoms with Gasteiger partial charge in [0, 0.05) is 18.6 Å². The van der Waals surface area contributed by atoms with Crippen molar-refractivity contribution in [3.05, 3.63) is 0 Å². The minimum Gasteiger partial charge on any atom is -0.314 e. The fourth-order valence-corrected chi connectivity index (χ4v) is 2.79. The van der Waals surface area contributed by atoms with Crippen LogP contribution in [0.4, 0.5) is 0 Å². The van der Waals surface area contributed by atoms with E-state index in [1.807, 2.05) is 0 Å². The molecule has 1 saturated carbocycles. The number of unbranched alkanes of at least 4 members (excludes halogenated alkanes) is 1. The van der Waals surface area contributed by atoms with Crippen molar-refractivity contribution in [3.63, 3.8) is 0 Å². The van der Waals surface area contributed by atoms with E-state index in [4.69, 9.17) is 0 Å². The quantitative estimate of drug-likeness (QED) is 0.710. The number of hydrogen-bond acceptors (Lipinski definition) is 3. The monoisotopic (exact) mass is 239 g/mol. The second-order valence-corrected chi connectivity index (χ2v) is 5.94. The number of nitrogens with zero attached hydrogens (tertiary/aromatic N) is 2. The molecule has 0 radical (unpaired) electrons. The molecule has 0 aromatic rings. The van der Waals surface area contributed by atoms with Gasteiger partial charge in [0.25, 0.3) is 0 Å². The van der Waals surface area contributed by atoms with Crippen molar-refractivity contribution in [2.45, 2.75) is 51.1 Å². The summed E-state index contributed by atoms with van der Waals surface area (Å²) in [5.41, 5.74) is 0. The molecule has 1 aliphatic carbocycles. The van der Waals surface area contributed by atoms with E-state index in [1.165, 1.54) is 64.8 Å². The number of likely N-dealkylation sites (N-methyl/N-ethyl adjacent to an activating group) is 1. The molecule has 0 aromatic heterocycles. The largest absolute Gasteiger partial charge is 0.314 e. The van der Waals surface area contributed by atoms with Gasteiger partial charge in [-0.05, 0) is 72.3 Å². The first-order valence-corrected chi connectivity index (χ1v) is 7.41. The van der Waals surface area contributed by atoms with E-state index >= 15 is 0 Å². The minimum atomic E-state index is 0.735. The standard InChI is InChI=1S/C14H29N3/c1-13-12-16(2)9-5-11-17(13)10-4-3-8-15-14-6-7-14/h13-15H,3-12H2,1-2H3. The Balaban J connectivity index is 1.56. The molecular weight excluding hydrogens is 210 g/mol. The zero-order chi connectivity index (χ0) is 12.1. The first kappa shape index (κ1) is 13.3. The highest BCUT2D eigenvalue weighted by Gasteiger charge is 2.20. The lowest BCUT2D eigenvalue weighted by molar-refractivity contribution is 0.199. The predicted octanol–water partition coefficient (Wildman–Crippen LogP) is 1.54. The molecule has 1 saturated heterocycles. The lowest BCUT2D eigenvalue weighted by atomic mass is 10.2. The van der Waals surface area contributed by atoms with Crippen LogP contribution in [0, 0.1) is 0 Å². The zero-order valence-corrected chi connectivity index (χ0v) is 11.6. The van der Waals surface area contributed by atoms with E-state index in [-0.39, 0.29) is 0 Å². The van der Waals surface area contributed by atoms with Crippen LogP contribution in [0.5, 0.6) is 0 Å². The Kier molecular flexibility index (Phi) is 5.26. The van der Waals surface area contributed by atoms with Gasteiger partial charge in [0.1, 0.15) is 0 Å². The van der Waals surface area contributed by atoms with Crippen molar-refractivity contribution in [1.29, 1.82) is 0 Å². The third-order valence-corrected chi connectivity index (χ3v) is 4.07. The van der Waals surface area contributed by atoms with E-state index in [9.17, 15) is 0 Å². The third-order valence-electron chi connectivity index (χ3n) is 4.07. The molecule has 17 heavy (non-hydrogen) atoms. The minimum absolute atomic E-state index is 0.735. The third kappa shape index (κ3) is 4.94. The summed E-state index contributed by atoms with van der Waals surface area (Å²) in [4.78, 5) is 5.15. The molecule has 3 heteroatoms. The highest BCUT2D eigenvalue weighted by Crippen LogP contribution is 2.18. The molecule has 1 aliphatic heterocycles. The highest BCUT2D eigenvalue weighted by atomic mass is 15.2. The Bertz CT molecular complexity index is 216. The lowest BCUT2D eigenvalue weighted by Crippen LogP contribution is -2.38. The highest BCUT2D eigenvalue weighted by molar-refractivity contribution is 4.80. The van der Waals surface area contributed by atoms with Crippen LogP contribution >= 0.6 is 0 Å². The summed E-state index contributed by atoms with van der Waals surface area (Å²) in [6, 6.07) is 1.61. The fourth-order valence-electron chi connectivity index (χ4n) is 2.79. The molecule has 0 bridgehead atoms. The predicted molar refractivity (Wildman–Crippen MR) is 73.4 cm³/mol. The van der Waals surface area contributed by atoms with Crippen LogP contribution in [-0.4, -0.2) is 61.7 Å². The van der Waals surface area contributed by atoms with Crippen LogP contribution in [0.15, 0.2) is 0 Å². The summed E-state index contributed by atoms with van der Waals surface area (Å²) in [6.07, 6.45) is 6.86. The van der Waals surface area contributed by atoms with Gasteiger partial charge in [-0.15, -0.1) is 0 Å². The van der Waals surface area contributed by atoms with Gasteiger partial charge in [-0.2, -0.15) is 0 Å². The van der Waals surface area contributed by atoms with Crippen molar-refractivity contribution in [2.75, 3.05) is 39.8 Å². The topological polar surface area (TPSA) is 18.5 Å². The van der Waals surface area contributed by atoms with Crippen molar-refractivity contribution >= 4 is 0 Å². The SMILES string of the molecule is CC1CN(C)CCCN1CCCCNC1CC1. The molecule has 2 aliphatic rings. The van der Waals surface area contributed by atoms with Crippen LogP contribution in [0.2, 0.25) is 0 Å². The van der Waals surface area contributed by atoms with Crippen LogP contribution in [0.25, 0.3) is 0 Å². The molecule has 0 amide bonds. The number of hydrogen-bond donors (Lipinski definition) is 1. The van der Waals surface area contributed by atoms with Crippen molar-refractivity contribution in [1.82, 2.24) is 15.1 Å². The van der Waals surface area contributed by atoms with Gasteiger partial charge in [-0.3, -0.25) is 4.90 Å². The summed E-state index contributed by atoms with van der Waals surface area (Å²) in [7, 11) is 2.25. The average Bonchev–Trinajstić information content (AvgIpc) is 3.09. The van der Waals surface area contributed by atoms with E-state index < -0.39 is 0 Å². The van der Waals surface area contributed by atoms with Gasteiger partial charge in [0.2, 0.25) is 0 Å². The van der Waals surface area contributed by atoms with E-state index in [1.54, 1.807) is 0 Å². The molecule has 0 aromatic carbocycles. The van der Waals surface area contributed by atoms with E-state index in [0.717, 1.165) is 12.1 Å². The molecule has 1 unspecified atom stereocenters. The van der Waals surface area contributed by atoms with E-state index in [0.29, 0.717) is 0 Å². The summed E-state index contributed by atoms with van der Waals surface area (Å²) in [5.74, 6) is 0. The first-order valence-electron chi connectivity index (χ1n) is 7.41. The molecular formula is C14H29N3. The van der Waals surface area contributed by atoms with Crippen LogP contribution in [0.1, 0.15) is 39.0 Å². The maximum atomic E-state index is 3.60. The van der Waals surface area contributed by atoms with Gasteiger partial charge in [0.05, 0.1) is 0 Å². The Morgan fingerprint density at radius 1 is 1.18 bits per heavy atom. The molecule has 1 N–H and O–H groups in total. The Labute approximate surface area is 107 Å². The fraction of sp³-hybridized carbons (Fsp3) is 1.00. The number of rotatable bonds is 6. The van der Waals surface area contributed by atoms with E-state index in [2.05, 4.69) is 29.1 Å². The summed E-state index contributed by atoms with van der Waals surface area (Å²) >= 11 is 0. The van der Waals surface area contributed by atoms with Crippen molar-refractivity contribution in [2.24, 2.45) is 0 Å². The Hall–Kier alpha value is -0.120. The van der Waals surface area contributed by atoms with Crippen molar-refractivity contribution in [3.8, 4) is 0 Å². The Morgan fingerprint density at radius 3 is 2.76 bits per heavy atom. The van der Waals surface area contributed by atoms with Gasteiger partial charge in [-0.1, -0.05) is 0 Å². The van der Waals surface area contributed by atoms with Crippen LogP contribution < -0.4 is 5.32 Å². The smallest absolute Gasteiger partial charge is 0.0194 e. The van der Waals surface area contributed by atoms with Crippen molar-refractivity contribution < 1.29 is 0 Å². The Morgan fingerprint density at radius 2 is 2.00 bits per heavy atom. The molecule has 2 rings (SSSR count). The zero-order valence-electron chi connectivity index (χ0n) is 11.6. The maximum Gasteiger partial charge on any atom is 0.0194 e. The van der Waals surface area contributed by atoms with Crippen LogP contribution in [0.3, 0.4) is 0 Å². The molecule has 1 atom stereocenters.